The Morgan fingerprint density at radius 1 is 1.38 bits per heavy atom. The fourth-order valence-electron chi connectivity index (χ4n) is 2.46. The Labute approximate surface area is 137 Å². The van der Waals surface area contributed by atoms with Crippen LogP contribution in [0.4, 0.5) is 0 Å². The Morgan fingerprint density at radius 2 is 2.14 bits per heavy atom. The lowest BCUT2D eigenvalue weighted by Gasteiger charge is -2.24. The van der Waals surface area contributed by atoms with Gasteiger partial charge in [0.05, 0.1) is 6.61 Å². The smallest absolute Gasteiger partial charge is 0.0622 e. The summed E-state index contributed by atoms with van der Waals surface area (Å²) < 4.78 is 6.66. The third-order valence-electron chi connectivity index (χ3n) is 3.89. The number of hydrogen-bond donors (Lipinski definition) is 1. The van der Waals surface area contributed by atoms with Crippen LogP contribution in [0.3, 0.4) is 0 Å². The molecular formula is C17H27BrN2O. The average Bonchev–Trinajstić information content (AvgIpc) is 2.92. The highest BCUT2D eigenvalue weighted by Crippen LogP contribution is 2.22. The fraction of sp³-hybridized carbons (Fsp3) is 0.647. The fourth-order valence-corrected chi connectivity index (χ4v) is 3.02. The van der Waals surface area contributed by atoms with E-state index in [9.17, 15) is 0 Å². The first-order valence-corrected chi connectivity index (χ1v) is 8.45. The van der Waals surface area contributed by atoms with Crippen LogP contribution < -0.4 is 5.32 Å². The first kappa shape index (κ1) is 16.9. The number of rotatable bonds is 5. The summed E-state index contributed by atoms with van der Waals surface area (Å²) in [6.45, 7) is 10.2. The quantitative estimate of drug-likeness (QED) is 0.874. The lowest BCUT2D eigenvalue weighted by molar-refractivity contribution is 0.156. The highest BCUT2D eigenvalue weighted by molar-refractivity contribution is 9.10. The summed E-state index contributed by atoms with van der Waals surface area (Å²) in [5.74, 6) is 0. The van der Waals surface area contributed by atoms with E-state index in [1.165, 1.54) is 15.6 Å². The summed E-state index contributed by atoms with van der Waals surface area (Å²) in [5, 5.41) is 3.52. The molecule has 1 saturated heterocycles. The Morgan fingerprint density at radius 3 is 2.71 bits per heavy atom. The molecule has 1 fully saturated rings. The van der Waals surface area contributed by atoms with Crippen molar-refractivity contribution in [2.75, 3.05) is 20.3 Å². The Hall–Kier alpha value is -0.420. The van der Waals surface area contributed by atoms with Crippen molar-refractivity contribution in [3.63, 3.8) is 0 Å². The molecule has 0 spiro atoms. The molecule has 1 aromatic rings. The number of nitrogens with zero attached hydrogens (tertiary/aromatic N) is 1. The maximum Gasteiger partial charge on any atom is 0.0622 e. The van der Waals surface area contributed by atoms with E-state index in [2.05, 4.69) is 72.2 Å². The SMILES string of the molecule is CN(Cc1ccc(CNC(C)(C)C)cc1Br)C1CCOC1. The molecule has 0 aromatic heterocycles. The highest BCUT2D eigenvalue weighted by atomic mass is 79.9. The van der Waals surface area contributed by atoms with Gasteiger partial charge >= 0.3 is 0 Å². The lowest BCUT2D eigenvalue weighted by Crippen LogP contribution is -2.35. The van der Waals surface area contributed by atoms with E-state index in [1.807, 2.05) is 0 Å². The van der Waals surface area contributed by atoms with Crippen molar-refractivity contribution in [2.45, 2.75) is 51.9 Å². The number of ether oxygens (including phenoxy) is 1. The van der Waals surface area contributed by atoms with Gasteiger partial charge in [-0.25, -0.2) is 0 Å². The van der Waals surface area contributed by atoms with Gasteiger partial charge in [-0.15, -0.1) is 0 Å². The third kappa shape index (κ3) is 5.37. The molecule has 21 heavy (non-hydrogen) atoms. The normalized spacial score (nSPS) is 19.4. The lowest BCUT2D eigenvalue weighted by atomic mass is 10.1. The van der Waals surface area contributed by atoms with Gasteiger partial charge in [0.15, 0.2) is 0 Å². The maximum atomic E-state index is 5.47. The van der Waals surface area contributed by atoms with Gasteiger partial charge in [0.25, 0.3) is 0 Å². The zero-order valence-corrected chi connectivity index (χ0v) is 15.2. The molecule has 0 amide bonds. The van der Waals surface area contributed by atoms with Crippen molar-refractivity contribution in [1.82, 2.24) is 10.2 Å². The maximum absolute atomic E-state index is 5.47. The van der Waals surface area contributed by atoms with Crippen LogP contribution in [-0.2, 0) is 17.8 Å². The van der Waals surface area contributed by atoms with Crippen LogP contribution in [0.15, 0.2) is 22.7 Å². The van der Waals surface area contributed by atoms with Crippen LogP contribution in [0.5, 0.6) is 0 Å². The van der Waals surface area contributed by atoms with Crippen LogP contribution in [0, 0.1) is 0 Å². The van der Waals surface area contributed by atoms with E-state index >= 15 is 0 Å². The van der Waals surface area contributed by atoms with E-state index in [1.54, 1.807) is 0 Å². The summed E-state index contributed by atoms with van der Waals surface area (Å²) in [4.78, 5) is 2.39. The Bertz CT molecular complexity index is 464. The molecular weight excluding hydrogens is 328 g/mol. The van der Waals surface area contributed by atoms with E-state index in [0.29, 0.717) is 6.04 Å². The molecule has 0 saturated carbocycles. The number of likely N-dealkylation sites (N-methyl/N-ethyl adjacent to an activating group) is 1. The topological polar surface area (TPSA) is 24.5 Å². The third-order valence-corrected chi connectivity index (χ3v) is 4.63. The van der Waals surface area contributed by atoms with Crippen LogP contribution >= 0.6 is 15.9 Å². The van der Waals surface area contributed by atoms with Gasteiger partial charge in [-0.3, -0.25) is 4.90 Å². The van der Waals surface area contributed by atoms with Gasteiger partial charge in [-0.05, 0) is 51.4 Å². The van der Waals surface area contributed by atoms with Gasteiger partial charge in [-0.1, -0.05) is 28.1 Å². The summed E-state index contributed by atoms with van der Waals surface area (Å²) >= 11 is 3.72. The van der Waals surface area contributed by atoms with Crippen molar-refractivity contribution in [3.8, 4) is 0 Å². The first-order chi connectivity index (χ1) is 9.85. The van der Waals surface area contributed by atoms with E-state index in [0.717, 1.165) is 32.7 Å². The van der Waals surface area contributed by atoms with Crippen LogP contribution in [0.1, 0.15) is 38.3 Å². The molecule has 3 nitrogen and oxygen atoms in total. The molecule has 1 aliphatic heterocycles. The van der Waals surface area contributed by atoms with Gasteiger partial charge in [-0.2, -0.15) is 0 Å². The number of benzene rings is 1. The van der Waals surface area contributed by atoms with Crippen molar-refractivity contribution in [1.29, 1.82) is 0 Å². The molecule has 1 N–H and O–H groups in total. The first-order valence-electron chi connectivity index (χ1n) is 7.65. The number of nitrogens with one attached hydrogen (secondary N) is 1. The zero-order chi connectivity index (χ0) is 15.5. The summed E-state index contributed by atoms with van der Waals surface area (Å²) in [7, 11) is 2.18. The molecule has 4 heteroatoms. The summed E-state index contributed by atoms with van der Waals surface area (Å²) in [6, 6.07) is 7.24. The van der Waals surface area contributed by atoms with Crippen LogP contribution in [-0.4, -0.2) is 36.7 Å². The van der Waals surface area contributed by atoms with E-state index in [4.69, 9.17) is 4.74 Å². The highest BCUT2D eigenvalue weighted by Gasteiger charge is 2.20. The second-order valence-electron chi connectivity index (χ2n) is 6.96. The predicted octanol–water partition coefficient (Wildman–Crippen LogP) is 3.56. The zero-order valence-electron chi connectivity index (χ0n) is 13.6. The molecule has 1 aliphatic rings. The average molecular weight is 355 g/mol. The largest absolute Gasteiger partial charge is 0.380 e. The minimum atomic E-state index is 0.147. The standard InChI is InChI=1S/C17H27BrN2O/c1-17(2,3)19-10-13-5-6-14(16(18)9-13)11-20(4)15-7-8-21-12-15/h5-6,9,15,19H,7-8,10-12H2,1-4H3. The number of hydrogen-bond acceptors (Lipinski definition) is 3. The second kappa shape index (κ2) is 7.23. The summed E-state index contributed by atoms with van der Waals surface area (Å²) in [6.07, 6.45) is 1.14. The molecule has 1 aromatic carbocycles. The van der Waals surface area contributed by atoms with Gasteiger partial charge in [0, 0.05) is 35.7 Å². The molecule has 1 atom stereocenters. The predicted molar refractivity (Wildman–Crippen MR) is 91.4 cm³/mol. The van der Waals surface area contributed by atoms with Crippen LogP contribution in [0.2, 0.25) is 0 Å². The minimum absolute atomic E-state index is 0.147. The van der Waals surface area contributed by atoms with E-state index < -0.39 is 0 Å². The molecule has 2 rings (SSSR count). The van der Waals surface area contributed by atoms with Gasteiger partial charge in [0.2, 0.25) is 0 Å². The van der Waals surface area contributed by atoms with E-state index in [-0.39, 0.29) is 5.54 Å². The van der Waals surface area contributed by atoms with Crippen molar-refractivity contribution >= 4 is 15.9 Å². The summed E-state index contributed by atoms with van der Waals surface area (Å²) in [5.41, 5.74) is 2.80. The second-order valence-corrected chi connectivity index (χ2v) is 7.82. The Balaban J connectivity index is 1.95. The number of halogens is 1. The monoisotopic (exact) mass is 354 g/mol. The molecule has 0 aliphatic carbocycles. The molecule has 1 heterocycles. The molecule has 0 bridgehead atoms. The van der Waals surface area contributed by atoms with Crippen molar-refractivity contribution < 1.29 is 4.74 Å². The molecule has 0 radical (unpaired) electrons. The minimum Gasteiger partial charge on any atom is -0.380 e. The van der Waals surface area contributed by atoms with Gasteiger partial charge < -0.3 is 10.1 Å². The van der Waals surface area contributed by atoms with Crippen LogP contribution in [0.25, 0.3) is 0 Å². The molecule has 1 unspecified atom stereocenters. The Kier molecular flexibility index (Phi) is 5.83. The van der Waals surface area contributed by atoms with Gasteiger partial charge in [0.1, 0.15) is 0 Å². The molecule has 118 valence electrons. The van der Waals surface area contributed by atoms with Crippen molar-refractivity contribution in [3.05, 3.63) is 33.8 Å². The van der Waals surface area contributed by atoms with Crippen molar-refractivity contribution in [2.24, 2.45) is 0 Å².